The Morgan fingerprint density at radius 2 is 1.58 bits per heavy atom. The standard InChI is InChI=1S/C22H34AsN5O9S/c1-11(2)18(24)21(34)28-19(12(3)29)22(35)27-15(20(33)25-8-17(31)32)9-38-10-16(30)26-14-6-4-13(5-7-14)23(36)37/h4-7,11-12,15,18-19,29,36-37H,8-10,24H2,1-3H3,(H,25,33)(H,26,30)(H,27,35)(H,28,34)(H,31,32). The number of carboxylic acid groups (broad SMARTS) is 1. The van der Waals surface area contributed by atoms with Crippen molar-refractivity contribution in [2.75, 3.05) is 23.4 Å². The molecule has 0 bridgehead atoms. The number of hydrogen-bond acceptors (Lipinski definition) is 10. The molecule has 1 aromatic carbocycles. The van der Waals surface area contributed by atoms with Crippen LogP contribution < -0.4 is 31.4 Å². The average Bonchev–Trinajstić information content (AvgIpc) is 2.84. The Bertz CT molecular complexity index is 978. The molecule has 4 atom stereocenters. The number of carbonyl (C=O) groups is 5. The molecule has 4 unspecified atom stereocenters. The second-order valence-corrected chi connectivity index (χ2v) is 11.9. The van der Waals surface area contributed by atoms with Gasteiger partial charge in [-0.25, -0.2) is 0 Å². The van der Waals surface area contributed by atoms with Crippen LogP contribution in [0.1, 0.15) is 20.8 Å². The molecule has 4 amide bonds. The van der Waals surface area contributed by atoms with Crippen molar-refractivity contribution >= 4 is 66.7 Å². The van der Waals surface area contributed by atoms with Crippen LogP contribution in [0.2, 0.25) is 0 Å². The predicted molar refractivity (Wildman–Crippen MR) is 141 cm³/mol. The maximum atomic E-state index is 12.8. The summed E-state index contributed by atoms with van der Waals surface area (Å²) in [6.45, 7) is 3.96. The van der Waals surface area contributed by atoms with Crippen LogP contribution in [0, 0.1) is 5.92 Å². The topological polar surface area (TPSA) is 240 Å². The fourth-order valence-electron chi connectivity index (χ4n) is 2.83. The van der Waals surface area contributed by atoms with Crippen molar-refractivity contribution in [2.24, 2.45) is 11.7 Å². The van der Waals surface area contributed by atoms with Crippen molar-refractivity contribution in [1.82, 2.24) is 16.0 Å². The molecule has 0 saturated heterocycles. The number of carboxylic acids is 1. The van der Waals surface area contributed by atoms with Gasteiger partial charge >= 0.3 is 136 Å². The number of nitrogens with one attached hydrogen (secondary N) is 4. The Balaban J connectivity index is 2.83. The van der Waals surface area contributed by atoms with E-state index in [2.05, 4.69) is 21.3 Å². The zero-order valence-electron chi connectivity index (χ0n) is 21.1. The van der Waals surface area contributed by atoms with Gasteiger partial charge in [-0.1, -0.05) is 13.8 Å². The van der Waals surface area contributed by atoms with Gasteiger partial charge in [-0.15, -0.1) is 0 Å². The van der Waals surface area contributed by atoms with Gasteiger partial charge in [-0.2, -0.15) is 0 Å². The summed E-state index contributed by atoms with van der Waals surface area (Å²) < 4.78 is 18.9. The molecule has 1 aromatic rings. The van der Waals surface area contributed by atoms with Gasteiger partial charge in [0, 0.05) is 0 Å². The average molecular weight is 620 g/mol. The van der Waals surface area contributed by atoms with Crippen LogP contribution in [0.5, 0.6) is 0 Å². The molecule has 1 rings (SSSR count). The Morgan fingerprint density at radius 1 is 0.974 bits per heavy atom. The summed E-state index contributed by atoms with van der Waals surface area (Å²) in [4.78, 5) is 60.8. The van der Waals surface area contributed by atoms with Crippen molar-refractivity contribution in [3.8, 4) is 0 Å². The summed E-state index contributed by atoms with van der Waals surface area (Å²) in [6.07, 6.45) is -1.35. The van der Waals surface area contributed by atoms with Gasteiger partial charge < -0.3 is 21.3 Å². The van der Waals surface area contributed by atoms with Crippen LogP contribution in [0.15, 0.2) is 24.3 Å². The number of carbonyl (C=O) groups excluding carboxylic acids is 4. The molecular formula is C22H34AsN5O9S. The summed E-state index contributed by atoms with van der Waals surface area (Å²) in [5.74, 6) is -4.71. The summed E-state index contributed by atoms with van der Waals surface area (Å²) >= 11 is -2.05. The fourth-order valence-corrected chi connectivity index (χ4v) is 4.55. The molecule has 0 aliphatic carbocycles. The first-order valence-electron chi connectivity index (χ1n) is 11.4. The summed E-state index contributed by atoms with van der Waals surface area (Å²) in [7, 11) is 0. The van der Waals surface area contributed by atoms with Crippen molar-refractivity contribution < 1.29 is 42.4 Å². The summed E-state index contributed by atoms with van der Waals surface area (Å²) in [5.41, 5.74) is 6.20. The van der Waals surface area contributed by atoms with Crippen LogP contribution in [0.4, 0.5) is 5.69 Å². The third kappa shape index (κ3) is 11.8. The van der Waals surface area contributed by atoms with E-state index in [-0.39, 0.29) is 17.4 Å². The van der Waals surface area contributed by atoms with Crippen LogP contribution in [0.25, 0.3) is 0 Å². The van der Waals surface area contributed by atoms with Crippen molar-refractivity contribution in [3.63, 3.8) is 0 Å². The number of aliphatic hydroxyl groups excluding tert-OH is 1. The van der Waals surface area contributed by atoms with Crippen LogP contribution >= 0.6 is 11.8 Å². The number of aliphatic carboxylic acids is 1. The van der Waals surface area contributed by atoms with E-state index in [1.807, 2.05) is 0 Å². The fraction of sp³-hybridized carbons (Fsp3) is 0.500. The van der Waals surface area contributed by atoms with Crippen LogP contribution in [-0.2, 0) is 24.0 Å². The first-order chi connectivity index (χ1) is 17.7. The third-order valence-electron chi connectivity index (χ3n) is 5.03. The second kappa shape index (κ2) is 16.3. The molecule has 16 heteroatoms. The Morgan fingerprint density at radius 3 is 2.08 bits per heavy atom. The maximum absolute atomic E-state index is 12.8. The number of thioether (sulfide) groups is 1. The van der Waals surface area contributed by atoms with E-state index in [1.165, 1.54) is 31.2 Å². The van der Waals surface area contributed by atoms with Crippen molar-refractivity contribution in [2.45, 2.75) is 45.0 Å². The van der Waals surface area contributed by atoms with Gasteiger partial charge in [0.1, 0.15) is 12.6 Å². The summed E-state index contributed by atoms with van der Waals surface area (Å²) in [5, 5.41) is 28.4. The molecule has 10 N–H and O–H groups in total. The minimum Gasteiger partial charge on any atom is -0.480 e. The first kappa shape index (κ1) is 33.3. The third-order valence-corrected chi connectivity index (χ3v) is 7.66. The van der Waals surface area contributed by atoms with E-state index in [9.17, 15) is 37.3 Å². The van der Waals surface area contributed by atoms with Crippen LogP contribution in [-0.4, -0.2) is 106 Å². The van der Waals surface area contributed by atoms with Gasteiger partial charge in [0.2, 0.25) is 5.91 Å². The van der Waals surface area contributed by atoms with E-state index >= 15 is 0 Å². The number of nitrogens with two attached hydrogens (primary N) is 1. The monoisotopic (exact) mass is 619 g/mol. The molecule has 0 heterocycles. The van der Waals surface area contributed by atoms with E-state index in [0.717, 1.165) is 11.8 Å². The molecule has 0 fully saturated rings. The molecule has 38 heavy (non-hydrogen) atoms. The Hall–Kier alpha value is -2.68. The SMILES string of the molecule is CC(C)C(N)C(=O)NC(C(=O)NC(CSCC(=O)Nc1ccc([As](O)O)cc1)C(=O)NCC(=O)O)C(C)O. The number of amides is 4. The molecule has 212 valence electrons. The molecular weight excluding hydrogens is 585 g/mol. The Labute approximate surface area is 229 Å². The molecule has 0 aromatic heterocycles. The van der Waals surface area contributed by atoms with Gasteiger partial charge in [0.05, 0.1) is 12.1 Å². The van der Waals surface area contributed by atoms with Gasteiger partial charge in [-0.3, -0.25) is 14.4 Å². The smallest absolute Gasteiger partial charge is 0.480 e. The van der Waals surface area contributed by atoms with Gasteiger partial charge in [0.15, 0.2) is 0 Å². The number of hydrogen-bond donors (Lipinski definition) is 9. The zero-order chi connectivity index (χ0) is 29.0. The number of anilines is 1. The molecule has 0 aliphatic heterocycles. The van der Waals surface area contributed by atoms with Crippen LogP contribution in [0.3, 0.4) is 0 Å². The minimum absolute atomic E-state index is 0.141. The second-order valence-electron chi connectivity index (χ2n) is 8.57. The van der Waals surface area contributed by atoms with E-state index < -0.39 is 75.7 Å². The quantitative estimate of drug-likeness (QED) is 0.0876. The molecule has 0 aliphatic rings. The molecule has 0 saturated carbocycles. The first-order valence-corrected chi connectivity index (χ1v) is 15.2. The minimum atomic E-state index is -3.02. The van der Waals surface area contributed by atoms with Gasteiger partial charge in [-0.05, 0) is 12.8 Å². The number of benzene rings is 1. The summed E-state index contributed by atoms with van der Waals surface area (Å²) in [6, 6.07) is 2.28. The molecule has 14 nitrogen and oxygen atoms in total. The van der Waals surface area contributed by atoms with Gasteiger partial charge in [0.25, 0.3) is 0 Å². The van der Waals surface area contributed by atoms with Crippen molar-refractivity contribution in [3.05, 3.63) is 24.3 Å². The van der Waals surface area contributed by atoms with E-state index in [4.69, 9.17) is 10.8 Å². The zero-order valence-corrected chi connectivity index (χ0v) is 23.8. The molecule has 0 radical (unpaired) electrons. The molecule has 0 spiro atoms. The number of rotatable bonds is 15. The van der Waals surface area contributed by atoms with E-state index in [0.29, 0.717) is 10.0 Å². The van der Waals surface area contributed by atoms with Crippen molar-refractivity contribution in [1.29, 1.82) is 0 Å². The predicted octanol–water partition coefficient (Wildman–Crippen LogP) is -3.43. The number of aliphatic hydroxyl groups is 1. The van der Waals surface area contributed by atoms with E-state index in [1.54, 1.807) is 13.8 Å². The Kier molecular flexibility index (Phi) is 14.3. The normalized spacial score (nSPS) is 14.2.